The predicted octanol–water partition coefficient (Wildman–Crippen LogP) is 1.93. The summed E-state index contributed by atoms with van der Waals surface area (Å²) in [5, 5.41) is 3.40. The van der Waals surface area contributed by atoms with Gasteiger partial charge in [-0.3, -0.25) is 9.20 Å². The van der Waals surface area contributed by atoms with E-state index in [0.717, 1.165) is 17.9 Å². The largest absolute Gasteiger partial charge is 0.309 e. The Hall–Kier alpha value is -1.33. The highest BCUT2D eigenvalue weighted by atomic mass is 32.2. The zero-order chi connectivity index (χ0) is 13.7. The Morgan fingerprint density at radius 3 is 3.11 bits per heavy atom. The van der Waals surface area contributed by atoms with Gasteiger partial charge < -0.3 is 5.32 Å². The quantitative estimate of drug-likeness (QED) is 0.876. The molecule has 0 saturated carbocycles. The van der Waals surface area contributed by atoms with Gasteiger partial charge in [-0.2, -0.15) is 11.8 Å². The Morgan fingerprint density at radius 1 is 1.47 bits per heavy atom. The molecule has 0 spiro atoms. The number of thioether (sulfide) groups is 1. The maximum absolute atomic E-state index is 11.9. The standard InChI is InChI=1S/C14H19N3OS/c1-11(6-8-19-2)15-10-12-9-14(18)17-7-4-3-5-13(17)16-12/h3-5,7,9,11,15H,6,8,10H2,1-2H3. The Morgan fingerprint density at radius 2 is 2.32 bits per heavy atom. The van der Waals surface area contributed by atoms with Crippen LogP contribution in [0.4, 0.5) is 0 Å². The van der Waals surface area contributed by atoms with Crippen LogP contribution in [0.25, 0.3) is 5.65 Å². The molecule has 0 aromatic carbocycles. The highest BCUT2D eigenvalue weighted by molar-refractivity contribution is 7.98. The van der Waals surface area contributed by atoms with Crippen molar-refractivity contribution < 1.29 is 0 Å². The summed E-state index contributed by atoms with van der Waals surface area (Å²) in [7, 11) is 0. The lowest BCUT2D eigenvalue weighted by molar-refractivity contribution is 0.532. The predicted molar refractivity (Wildman–Crippen MR) is 80.8 cm³/mol. The van der Waals surface area contributed by atoms with Crippen molar-refractivity contribution in [2.75, 3.05) is 12.0 Å². The molecular weight excluding hydrogens is 258 g/mol. The van der Waals surface area contributed by atoms with Gasteiger partial charge in [0.25, 0.3) is 5.56 Å². The molecule has 1 N–H and O–H groups in total. The number of fused-ring (bicyclic) bond motifs is 1. The van der Waals surface area contributed by atoms with Crippen molar-refractivity contribution in [3.8, 4) is 0 Å². The molecule has 0 aliphatic rings. The van der Waals surface area contributed by atoms with E-state index < -0.39 is 0 Å². The van der Waals surface area contributed by atoms with E-state index in [1.165, 1.54) is 0 Å². The van der Waals surface area contributed by atoms with Gasteiger partial charge in [0.05, 0.1) is 5.69 Å². The van der Waals surface area contributed by atoms with Crippen molar-refractivity contribution in [2.24, 2.45) is 0 Å². The number of hydrogen-bond acceptors (Lipinski definition) is 4. The van der Waals surface area contributed by atoms with Crippen molar-refractivity contribution in [2.45, 2.75) is 25.9 Å². The van der Waals surface area contributed by atoms with Gasteiger partial charge in [-0.1, -0.05) is 6.07 Å². The summed E-state index contributed by atoms with van der Waals surface area (Å²) in [6, 6.07) is 7.60. The number of aromatic nitrogens is 2. The van der Waals surface area contributed by atoms with Crippen molar-refractivity contribution in [1.82, 2.24) is 14.7 Å². The van der Waals surface area contributed by atoms with Crippen molar-refractivity contribution in [3.63, 3.8) is 0 Å². The topological polar surface area (TPSA) is 46.4 Å². The highest BCUT2D eigenvalue weighted by Gasteiger charge is 2.04. The summed E-state index contributed by atoms with van der Waals surface area (Å²) >= 11 is 1.85. The number of pyridine rings is 1. The molecule has 0 fully saturated rings. The molecule has 0 radical (unpaired) electrons. The van der Waals surface area contributed by atoms with Crippen LogP contribution in [0.1, 0.15) is 19.0 Å². The third-order valence-corrected chi connectivity index (χ3v) is 3.65. The smallest absolute Gasteiger partial charge is 0.258 e. The summed E-state index contributed by atoms with van der Waals surface area (Å²) in [6.07, 6.45) is 4.97. The zero-order valence-electron chi connectivity index (χ0n) is 11.3. The van der Waals surface area contributed by atoms with Gasteiger partial charge in [0.15, 0.2) is 0 Å². The van der Waals surface area contributed by atoms with Crippen LogP contribution in [-0.2, 0) is 6.54 Å². The van der Waals surface area contributed by atoms with Crippen LogP contribution in [0, 0.1) is 0 Å². The van der Waals surface area contributed by atoms with Gasteiger partial charge in [0, 0.05) is 24.8 Å². The first-order valence-electron chi connectivity index (χ1n) is 6.40. The van der Waals surface area contributed by atoms with E-state index in [4.69, 9.17) is 0 Å². The molecule has 0 aliphatic carbocycles. The molecule has 1 unspecified atom stereocenters. The first-order valence-corrected chi connectivity index (χ1v) is 7.79. The second-order valence-corrected chi connectivity index (χ2v) is 5.56. The lowest BCUT2D eigenvalue weighted by Crippen LogP contribution is -2.27. The molecule has 19 heavy (non-hydrogen) atoms. The fourth-order valence-electron chi connectivity index (χ4n) is 1.87. The van der Waals surface area contributed by atoms with Crippen molar-refractivity contribution in [3.05, 3.63) is 46.5 Å². The molecule has 4 nitrogen and oxygen atoms in total. The molecular formula is C14H19N3OS. The van der Waals surface area contributed by atoms with Crippen LogP contribution in [-0.4, -0.2) is 27.4 Å². The second-order valence-electron chi connectivity index (χ2n) is 4.58. The number of nitrogens with zero attached hydrogens (tertiary/aromatic N) is 2. The summed E-state index contributed by atoms with van der Waals surface area (Å²) < 4.78 is 1.56. The van der Waals surface area contributed by atoms with E-state index in [1.807, 2.05) is 30.0 Å². The van der Waals surface area contributed by atoms with Crippen LogP contribution in [0.15, 0.2) is 35.3 Å². The summed E-state index contributed by atoms with van der Waals surface area (Å²) in [5.74, 6) is 1.14. The van der Waals surface area contributed by atoms with E-state index in [0.29, 0.717) is 18.2 Å². The van der Waals surface area contributed by atoms with E-state index in [2.05, 4.69) is 23.5 Å². The normalized spacial score (nSPS) is 12.7. The second kappa shape index (κ2) is 6.73. The summed E-state index contributed by atoms with van der Waals surface area (Å²) in [5.41, 5.74) is 1.47. The van der Waals surface area contributed by atoms with Gasteiger partial charge in [0.2, 0.25) is 0 Å². The molecule has 0 saturated heterocycles. The van der Waals surface area contributed by atoms with Gasteiger partial charge in [-0.15, -0.1) is 0 Å². The first kappa shape index (κ1) is 14.1. The lowest BCUT2D eigenvalue weighted by Gasteiger charge is -2.12. The molecule has 2 heterocycles. The summed E-state index contributed by atoms with van der Waals surface area (Å²) in [6.45, 7) is 2.79. The Labute approximate surface area is 117 Å². The van der Waals surface area contributed by atoms with Crippen LogP contribution in [0.2, 0.25) is 0 Å². The van der Waals surface area contributed by atoms with Crippen molar-refractivity contribution >= 4 is 17.4 Å². The van der Waals surface area contributed by atoms with E-state index in [-0.39, 0.29) is 5.56 Å². The molecule has 2 rings (SSSR count). The minimum atomic E-state index is -0.0285. The number of hydrogen-bond donors (Lipinski definition) is 1. The molecule has 0 bridgehead atoms. The van der Waals surface area contributed by atoms with Gasteiger partial charge in [-0.25, -0.2) is 4.98 Å². The SMILES string of the molecule is CSCCC(C)NCc1cc(=O)n2ccccc2n1. The fourth-order valence-corrected chi connectivity index (χ4v) is 2.46. The number of nitrogens with one attached hydrogen (secondary N) is 1. The molecule has 2 aromatic rings. The molecule has 102 valence electrons. The van der Waals surface area contributed by atoms with Crippen LogP contribution in [0.5, 0.6) is 0 Å². The van der Waals surface area contributed by atoms with E-state index >= 15 is 0 Å². The Balaban J connectivity index is 2.07. The molecule has 0 amide bonds. The third kappa shape index (κ3) is 3.81. The fraction of sp³-hybridized carbons (Fsp3) is 0.429. The maximum Gasteiger partial charge on any atom is 0.258 e. The van der Waals surface area contributed by atoms with E-state index in [9.17, 15) is 4.79 Å². The summed E-state index contributed by atoms with van der Waals surface area (Å²) in [4.78, 5) is 16.4. The third-order valence-electron chi connectivity index (χ3n) is 3.01. The zero-order valence-corrected chi connectivity index (χ0v) is 12.1. The molecule has 2 aromatic heterocycles. The monoisotopic (exact) mass is 277 g/mol. The Bertz CT molecular complexity index is 597. The van der Waals surface area contributed by atoms with Crippen LogP contribution < -0.4 is 10.9 Å². The average molecular weight is 277 g/mol. The minimum absolute atomic E-state index is 0.0285. The minimum Gasteiger partial charge on any atom is -0.309 e. The van der Waals surface area contributed by atoms with E-state index in [1.54, 1.807) is 16.7 Å². The van der Waals surface area contributed by atoms with Crippen molar-refractivity contribution in [1.29, 1.82) is 0 Å². The average Bonchev–Trinajstić information content (AvgIpc) is 2.43. The molecule has 0 aliphatic heterocycles. The Kier molecular flexibility index (Phi) is 4.99. The van der Waals surface area contributed by atoms with Crippen LogP contribution >= 0.6 is 11.8 Å². The molecule has 1 atom stereocenters. The highest BCUT2D eigenvalue weighted by Crippen LogP contribution is 2.02. The lowest BCUT2D eigenvalue weighted by atomic mass is 10.2. The van der Waals surface area contributed by atoms with Crippen LogP contribution in [0.3, 0.4) is 0 Å². The molecule has 5 heteroatoms. The maximum atomic E-state index is 11.9. The first-order chi connectivity index (χ1) is 9.20. The van der Waals surface area contributed by atoms with Gasteiger partial charge in [-0.05, 0) is 37.5 Å². The van der Waals surface area contributed by atoms with Gasteiger partial charge >= 0.3 is 0 Å². The number of rotatable bonds is 6. The van der Waals surface area contributed by atoms with Gasteiger partial charge in [0.1, 0.15) is 5.65 Å².